The lowest BCUT2D eigenvalue weighted by Crippen LogP contribution is -2.22. The van der Waals surface area contributed by atoms with Gasteiger partial charge in [-0.15, -0.1) is 0 Å². The minimum Gasteiger partial charge on any atom is -0.327 e. The first-order valence-electron chi connectivity index (χ1n) is 5.84. The predicted octanol–water partition coefficient (Wildman–Crippen LogP) is 3.46. The topological polar surface area (TPSA) is 43.8 Å². The van der Waals surface area contributed by atoms with E-state index < -0.39 is 0 Å². The molecular formula is C13H15Cl2N3. The van der Waals surface area contributed by atoms with Crippen LogP contribution in [0, 0.1) is 0 Å². The molecule has 0 aliphatic rings. The molecule has 0 bridgehead atoms. The smallest absolute Gasteiger partial charge is 0.0790 e. The number of rotatable bonds is 4. The minimum atomic E-state index is 0.135. The summed E-state index contributed by atoms with van der Waals surface area (Å²) < 4.78 is 1.73. The molecule has 2 aromatic rings. The monoisotopic (exact) mass is 283 g/mol. The van der Waals surface area contributed by atoms with Gasteiger partial charge in [-0.05, 0) is 30.5 Å². The van der Waals surface area contributed by atoms with Gasteiger partial charge in [-0.25, -0.2) is 4.68 Å². The van der Waals surface area contributed by atoms with Crippen molar-refractivity contribution in [2.45, 2.75) is 25.8 Å². The van der Waals surface area contributed by atoms with Crippen LogP contribution in [0.15, 0.2) is 30.6 Å². The van der Waals surface area contributed by atoms with Gasteiger partial charge in [0, 0.05) is 17.3 Å². The van der Waals surface area contributed by atoms with Crippen molar-refractivity contribution in [2.24, 2.45) is 5.73 Å². The third-order valence-electron chi connectivity index (χ3n) is 2.85. The van der Waals surface area contributed by atoms with Crippen molar-refractivity contribution in [3.8, 4) is 5.69 Å². The van der Waals surface area contributed by atoms with E-state index in [1.54, 1.807) is 17.1 Å². The second-order valence-corrected chi connectivity index (χ2v) is 5.12. The van der Waals surface area contributed by atoms with Crippen molar-refractivity contribution in [3.63, 3.8) is 0 Å². The zero-order valence-electron chi connectivity index (χ0n) is 10.1. The van der Waals surface area contributed by atoms with Crippen molar-refractivity contribution < 1.29 is 0 Å². The zero-order valence-corrected chi connectivity index (χ0v) is 11.6. The molecular weight excluding hydrogens is 269 g/mol. The Kier molecular flexibility index (Phi) is 4.27. The van der Waals surface area contributed by atoms with Crippen molar-refractivity contribution >= 4 is 23.2 Å². The lowest BCUT2D eigenvalue weighted by Gasteiger charge is -2.13. The molecule has 1 unspecified atom stereocenters. The van der Waals surface area contributed by atoms with E-state index in [9.17, 15) is 0 Å². The summed E-state index contributed by atoms with van der Waals surface area (Å²) in [7, 11) is 0. The van der Waals surface area contributed by atoms with Gasteiger partial charge >= 0.3 is 0 Å². The molecule has 1 atom stereocenters. The summed E-state index contributed by atoms with van der Waals surface area (Å²) in [6.45, 7) is 2.07. The third kappa shape index (κ3) is 3.05. The molecule has 1 aromatic heterocycles. The summed E-state index contributed by atoms with van der Waals surface area (Å²) in [5.74, 6) is 0. The Morgan fingerprint density at radius 3 is 2.72 bits per heavy atom. The molecule has 96 valence electrons. The number of nitrogens with zero attached hydrogens (tertiary/aromatic N) is 2. The molecule has 0 spiro atoms. The number of nitrogens with two attached hydrogens (primary N) is 1. The Bertz CT molecular complexity index is 537. The fourth-order valence-electron chi connectivity index (χ4n) is 1.78. The van der Waals surface area contributed by atoms with Gasteiger partial charge in [0.05, 0.1) is 16.9 Å². The predicted molar refractivity (Wildman–Crippen MR) is 75.6 cm³/mol. The van der Waals surface area contributed by atoms with Gasteiger partial charge in [-0.3, -0.25) is 0 Å². The fourth-order valence-corrected chi connectivity index (χ4v) is 2.08. The number of benzene rings is 1. The largest absolute Gasteiger partial charge is 0.327 e. The van der Waals surface area contributed by atoms with E-state index in [-0.39, 0.29) is 6.04 Å². The van der Waals surface area contributed by atoms with Crippen LogP contribution in [0.3, 0.4) is 0 Å². The van der Waals surface area contributed by atoms with Crippen LogP contribution in [-0.4, -0.2) is 15.8 Å². The lowest BCUT2D eigenvalue weighted by molar-refractivity contribution is 0.642. The average Bonchev–Trinajstić information content (AvgIpc) is 2.78. The van der Waals surface area contributed by atoms with E-state index in [2.05, 4.69) is 12.0 Å². The molecule has 1 aromatic carbocycles. The molecule has 2 N–H and O–H groups in total. The van der Waals surface area contributed by atoms with Gasteiger partial charge in [0.2, 0.25) is 0 Å². The maximum Gasteiger partial charge on any atom is 0.0790 e. The molecule has 2 rings (SSSR count). The van der Waals surface area contributed by atoms with E-state index >= 15 is 0 Å². The second-order valence-electron chi connectivity index (χ2n) is 4.25. The molecule has 1 heterocycles. The van der Waals surface area contributed by atoms with Crippen molar-refractivity contribution in [2.75, 3.05) is 0 Å². The van der Waals surface area contributed by atoms with Crippen LogP contribution in [0.5, 0.6) is 0 Å². The van der Waals surface area contributed by atoms with Crippen LogP contribution >= 0.6 is 23.2 Å². The van der Waals surface area contributed by atoms with Gasteiger partial charge in [-0.2, -0.15) is 5.10 Å². The zero-order chi connectivity index (χ0) is 13.1. The molecule has 5 heteroatoms. The first-order valence-corrected chi connectivity index (χ1v) is 6.60. The third-order valence-corrected chi connectivity index (χ3v) is 3.28. The average molecular weight is 284 g/mol. The highest BCUT2D eigenvalue weighted by Crippen LogP contribution is 2.22. The van der Waals surface area contributed by atoms with Crippen molar-refractivity contribution in [1.29, 1.82) is 0 Å². The van der Waals surface area contributed by atoms with Crippen LogP contribution in [0.25, 0.3) is 5.69 Å². The molecule has 3 nitrogen and oxygen atoms in total. The Hall–Kier alpha value is -1.03. The van der Waals surface area contributed by atoms with Crippen molar-refractivity contribution in [1.82, 2.24) is 9.78 Å². The molecule has 0 aliphatic carbocycles. The van der Waals surface area contributed by atoms with Crippen molar-refractivity contribution in [3.05, 3.63) is 46.2 Å². The summed E-state index contributed by atoms with van der Waals surface area (Å²) in [5.41, 5.74) is 8.05. The summed E-state index contributed by atoms with van der Waals surface area (Å²) >= 11 is 11.9. The Balaban J connectivity index is 2.40. The van der Waals surface area contributed by atoms with E-state index in [1.165, 1.54) is 0 Å². The number of halogens is 2. The molecule has 0 fully saturated rings. The Labute approximate surface area is 117 Å². The van der Waals surface area contributed by atoms with Crippen LogP contribution in [0.4, 0.5) is 0 Å². The number of hydrogen-bond donors (Lipinski definition) is 1. The van der Waals surface area contributed by atoms with Gasteiger partial charge in [0.15, 0.2) is 0 Å². The maximum absolute atomic E-state index is 6.04. The first kappa shape index (κ1) is 13.4. The summed E-state index contributed by atoms with van der Waals surface area (Å²) in [5, 5.41) is 5.48. The summed E-state index contributed by atoms with van der Waals surface area (Å²) in [6, 6.07) is 5.87. The quantitative estimate of drug-likeness (QED) is 0.934. The Morgan fingerprint density at radius 1 is 1.33 bits per heavy atom. The molecule has 0 saturated carbocycles. The molecule has 0 radical (unpaired) electrons. The van der Waals surface area contributed by atoms with E-state index in [0.29, 0.717) is 10.0 Å². The fraction of sp³-hybridized carbons (Fsp3) is 0.308. The first-order chi connectivity index (χ1) is 8.60. The molecule has 0 aliphatic heterocycles. The van der Waals surface area contributed by atoms with Gasteiger partial charge in [0.25, 0.3) is 0 Å². The van der Waals surface area contributed by atoms with Crippen LogP contribution in [0.2, 0.25) is 10.0 Å². The summed E-state index contributed by atoms with van der Waals surface area (Å²) in [6.07, 6.45) is 5.09. The molecule has 0 saturated heterocycles. The lowest BCUT2D eigenvalue weighted by atomic mass is 10.0. The molecule has 0 amide bonds. The SMILES string of the molecule is CCC(N)Cc1ccc(Cl)cc1-n1cc(Cl)cn1. The number of aromatic nitrogens is 2. The van der Waals surface area contributed by atoms with E-state index in [4.69, 9.17) is 28.9 Å². The highest BCUT2D eigenvalue weighted by atomic mass is 35.5. The van der Waals surface area contributed by atoms with Crippen LogP contribution in [-0.2, 0) is 6.42 Å². The standard InChI is InChI=1S/C13H15Cl2N3/c1-2-12(16)5-9-3-4-10(14)6-13(9)18-8-11(15)7-17-18/h3-4,6-8,12H,2,5,16H2,1H3. The maximum atomic E-state index is 6.04. The van der Waals surface area contributed by atoms with Gasteiger partial charge in [0.1, 0.15) is 0 Å². The Morgan fingerprint density at radius 2 is 2.11 bits per heavy atom. The minimum absolute atomic E-state index is 0.135. The summed E-state index contributed by atoms with van der Waals surface area (Å²) in [4.78, 5) is 0. The van der Waals surface area contributed by atoms with E-state index in [1.807, 2.05) is 18.2 Å². The normalized spacial score (nSPS) is 12.7. The van der Waals surface area contributed by atoms with Crippen LogP contribution < -0.4 is 5.73 Å². The highest BCUT2D eigenvalue weighted by Gasteiger charge is 2.10. The second kappa shape index (κ2) is 5.74. The number of hydrogen-bond acceptors (Lipinski definition) is 2. The van der Waals surface area contributed by atoms with Gasteiger partial charge < -0.3 is 5.73 Å². The molecule has 18 heavy (non-hydrogen) atoms. The van der Waals surface area contributed by atoms with Crippen LogP contribution in [0.1, 0.15) is 18.9 Å². The van der Waals surface area contributed by atoms with E-state index in [0.717, 1.165) is 24.1 Å². The highest BCUT2D eigenvalue weighted by molar-refractivity contribution is 6.31. The van der Waals surface area contributed by atoms with Gasteiger partial charge in [-0.1, -0.05) is 36.2 Å².